The number of carbonyl (C=O) groups is 2. The smallest absolute Gasteiger partial charge is 0.310 e. The summed E-state index contributed by atoms with van der Waals surface area (Å²) >= 11 is 3.32. The molecule has 0 bridgehead atoms. The van der Waals surface area contributed by atoms with Crippen molar-refractivity contribution in [3.05, 3.63) is 16.1 Å². The van der Waals surface area contributed by atoms with E-state index in [-0.39, 0.29) is 11.8 Å². The lowest BCUT2D eigenvalue weighted by molar-refractivity contribution is -0.152. The van der Waals surface area contributed by atoms with Gasteiger partial charge in [-0.25, -0.2) is 4.98 Å². The number of nitrogens with zero attached hydrogens (tertiary/aromatic N) is 2. The van der Waals surface area contributed by atoms with Gasteiger partial charge in [0.25, 0.3) is 0 Å². The van der Waals surface area contributed by atoms with E-state index in [4.69, 9.17) is 5.11 Å². The van der Waals surface area contributed by atoms with Gasteiger partial charge in [0.2, 0.25) is 5.91 Å². The zero-order chi connectivity index (χ0) is 13.8. The molecule has 1 aliphatic heterocycles. The van der Waals surface area contributed by atoms with Crippen LogP contribution in [0.1, 0.15) is 17.1 Å². The Morgan fingerprint density at radius 1 is 1.58 bits per heavy atom. The van der Waals surface area contributed by atoms with Gasteiger partial charge in [-0.3, -0.25) is 9.59 Å². The highest BCUT2D eigenvalue weighted by molar-refractivity contribution is 7.98. The average Bonchev–Trinajstić information content (AvgIpc) is 2.68. The van der Waals surface area contributed by atoms with Crippen molar-refractivity contribution in [3.8, 4) is 0 Å². The first-order chi connectivity index (χ1) is 9.06. The van der Waals surface area contributed by atoms with Crippen LogP contribution in [0.4, 0.5) is 0 Å². The van der Waals surface area contributed by atoms with Crippen molar-refractivity contribution in [2.75, 3.05) is 18.8 Å². The van der Waals surface area contributed by atoms with Gasteiger partial charge in [0.15, 0.2) is 0 Å². The van der Waals surface area contributed by atoms with Gasteiger partial charge < -0.3 is 10.0 Å². The van der Waals surface area contributed by atoms with Crippen LogP contribution in [0.25, 0.3) is 0 Å². The summed E-state index contributed by atoms with van der Waals surface area (Å²) in [4.78, 5) is 28.3. The number of amides is 1. The number of thioether (sulfide) groups is 1. The van der Waals surface area contributed by atoms with Gasteiger partial charge in [0, 0.05) is 36.4 Å². The van der Waals surface area contributed by atoms with Crippen LogP contribution < -0.4 is 0 Å². The Morgan fingerprint density at radius 2 is 2.32 bits per heavy atom. The summed E-state index contributed by atoms with van der Waals surface area (Å²) in [7, 11) is 0. The number of aliphatic carboxylic acids is 1. The maximum Gasteiger partial charge on any atom is 0.310 e. The van der Waals surface area contributed by atoms with Crippen molar-refractivity contribution in [1.82, 2.24) is 9.88 Å². The van der Waals surface area contributed by atoms with E-state index in [2.05, 4.69) is 4.98 Å². The van der Waals surface area contributed by atoms with Gasteiger partial charge in [-0.15, -0.1) is 11.3 Å². The summed E-state index contributed by atoms with van der Waals surface area (Å²) in [6.45, 7) is 2.71. The lowest BCUT2D eigenvalue weighted by Gasteiger charge is -2.36. The number of aryl methyl sites for hydroxylation is 1. The molecule has 1 saturated heterocycles. The van der Waals surface area contributed by atoms with Gasteiger partial charge in [-0.1, -0.05) is 0 Å². The second-order valence-electron chi connectivity index (χ2n) is 4.49. The van der Waals surface area contributed by atoms with Crippen molar-refractivity contribution >= 4 is 35.0 Å². The molecule has 0 atom stereocenters. The lowest BCUT2D eigenvalue weighted by Crippen LogP contribution is -2.53. The predicted octanol–water partition coefficient (Wildman–Crippen LogP) is 1.62. The fraction of sp³-hybridized carbons (Fsp3) is 0.583. The summed E-state index contributed by atoms with van der Waals surface area (Å²) in [6.07, 6.45) is 0.472. The highest BCUT2D eigenvalue weighted by atomic mass is 32.2. The molecule has 1 fully saturated rings. The predicted molar refractivity (Wildman–Crippen MR) is 75.3 cm³/mol. The Morgan fingerprint density at radius 3 is 2.89 bits per heavy atom. The number of hydrogen-bond acceptors (Lipinski definition) is 5. The molecule has 0 radical (unpaired) electrons. The first-order valence-electron chi connectivity index (χ1n) is 6.05. The van der Waals surface area contributed by atoms with Crippen LogP contribution in [0.2, 0.25) is 0 Å². The van der Waals surface area contributed by atoms with Crippen LogP contribution in [-0.4, -0.2) is 45.7 Å². The normalized spacial score (nSPS) is 15.3. The van der Waals surface area contributed by atoms with Gasteiger partial charge in [-0.2, -0.15) is 11.8 Å². The minimum Gasteiger partial charge on any atom is -0.481 e. The quantitative estimate of drug-likeness (QED) is 0.808. The van der Waals surface area contributed by atoms with E-state index in [9.17, 15) is 9.59 Å². The van der Waals surface area contributed by atoms with Gasteiger partial charge in [0.1, 0.15) is 0 Å². The highest BCUT2D eigenvalue weighted by Crippen LogP contribution is 2.19. The summed E-state index contributed by atoms with van der Waals surface area (Å²) in [5.41, 5.74) is 1.06. The fourth-order valence-electron chi connectivity index (χ4n) is 1.81. The first-order valence-corrected chi connectivity index (χ1v) is 8.09. The number of hydrogen-bond donors (Lipinski definition) is 1. The molecule has 0 aromatic carbocycles. The molecule has 104 valence electrons. The second-order valence-corrected chi connectivity index (χ2v) is 6.66. The number of carboxylic acid groups (broad SMARTS) is 1. The van der Waals surface area contributed by atoms with Crippen LogP contribution >= 0.6 is 23.1 Å². The Hall–Kier alpha value is -1.08. The number of likely N-dealkylation sites (tertiary alicyclic amines) is 1. The van der Waals surface area contributed by atoms with Crippen LogP contribution in [0.5, 0.6) is 0 Å². The zero-order valence-corrected chi connectivity index (χ0v) is 12.3. The van der Waals surface area contributed by atoms with E-state index >= 15 is 0 Å². The van der Waals surface area contributed by atoms with E-state index in [1.165, 1.54) is 0 Å². The highest BCUT2D eigenvalue weighted by Gasteiger charge is 2.34. The van der Waals surface area contributed by atoms with Crippen molar-refractivity contribution in [2.45, 2.75) is 19.1 Å². The van der Waals surface area contributed by atoms with Crippen LogP contribution in [0.3, 0.4) is 0 Å². The van der Waals surface area contributed by atoms with Crippen LogP contribution in [0, 0.1) is 12.8 Å². The SMILES string of the molecule is Cc1nc(CSCCC(=O)N2CC(C(=O)O)C2)cs1. The standard InChI is InChI=1S/C12H16N2O3S2/c1-8-13-10(7-19-8)6-18-3-2-11(15)14-4-9(5-14)12(16)17/h7,9H,2-6H2,1H3,(H,16,17). The van der Waals surface area contributed by atoms with Crippen molar-refractivity contribution in [2.24, 2.45) is 5.92 Å². The maximum absolute atomic E-state index is 11.7. The third kappa shape index (κ3) is 3.94. The first kappa shape index (κ1) is 14.3. The molecule has 2 heterocycles. The molecular formula is C12H16N2O3S2. The monoisotopic (exact) mass is 300 g/mol. The number of thiazole rings is 1. The molecule has 0 unspecified atom stereocenters. The van der Waals surface area contributed by atoms with E-state index in [0.29, 0.717) is 19.5 Å². The number of carbonyl (C=O) groups excluding carboxylic acids is 1. The maximum atomic E-state index is 11.7. The molecule has 5 nitrogen and oxygen atoms in total. The fourth-order valence-corrected chi connectivity index (χ4v) is 3.35. The molecule has 7 heteroatoms. The Labute approximate surface area is 120 Å². The van der Waals surface area contributed by atoms with Crippen molar-refractivity contribution < 1.29 is 14.7 Å². The van der Waals surface area contributed by atoms with Crippen LogP contribution in [0.15, 0.2) is 5.38 Å². The van der Waals surface area contributed by atoms with Crippen molar-refractivity contribution in [1.29, 1.82) is 0 Å². The minimum absolute atomic E-state index is 0.0551. The molecule has 2 rings (SSSR count). The van der Waals surface area contributed by atoms with Gasteiger partial charge in [0.05, 0.1) is 16.6 Å². The average molecular weight is 300 g/mol. The van der Waals surface area contributed by atoms with E-state index in [1.54, 1.807) is 28.0 Å². The number of carboxylic acids is 1. The van der Waals surface area contributed by atoms with E-state index in [1.807, 2.05) is 12.3 Å². The number of aromatic nitrogens is 1. The summed E-state index contributed by atoms with van der Waals surface area (Å²) in [6, 6.07) is 0. The summed E-state index contributed by atoms with van der Waals surface area (Å²) < 4.78 is 0. The largest absolute Gasteiger partial charge is 0.481 e. The van der Waals surface area contributed by atoms with E-state index in [0.717, 1.165) is 22.2 Å². The topological polar surface area (TPSA) is 70.5 Å². The van der Waals surface area contributed by atoms with Gasteiger partial charge in [-0.05, 0) is 6.92 Å². The van der Waals surface area contributed by atoms with Crippen molar-refractivity contribution in [3.63, 3.8) is 0 Å². The third-order valence-corrected chi connectivity index (χ3v) is 4.78. The molecular weight excluding hydrogens is 284 g/mol. The molecule has 1 aromatic heterocycles. The zero-order valence-electron chi connectivity index (χ0n) is 10.7. The Balaban J connectivity index is 1.59. The molecule has 0 aliphatic carbocycles. The van der Waals surface area contributed by atoms with E-state index < -0.39 is 5.97 Å². The Bertz CT molecular complexity index is 469. The Kier molecular flexibility index (Phi) is 4.81. The lowest BCUT2D eigenvalue weighted by atomic mass is 10.0. The summed E-state index contributed by atoms with van der Waals surface area (Å²) in [5, 5.41) is 11.8. The molecule has 1 amide bonds. The molecule has 0 saturated carbocycles. The molecule has 0 spiro atoms. The molecule has 1 aliphatic rings. The molecule has 1 N–H and O–H groups in total. The molecule has 1 aromatic rings. The number of rotatable bonds is 6. The molecule has 19 heavy (non-hydrogen) atoms. The van der Waals surface area contributed by atoms with Crippen LogP contribution in [-0.2, 0) is 15.3 Å². The van der Waals surface area contributed by atoms with Gasteiger partial charge >= 0.3 is 5.97 Å². The minimum atomic E-state index is -0.808. The third-order valence-electron chi connectivity index (χ3n) is 2.96. The summed E-state index contributed by atoms with van der Waals surface area (Å²) in [5.74, 6) is 0.463. The second kappa shape index (κ2) is 6.38.